The fourth-order valence-electron chi connectivity index (χ4n) is 4.86. The number of carbonyl (C=O) groups excluding carboxylic acids is 1. The first-order chi connectivity index (χ1) is 19.4. The van der Waals surface area contributed by atoms with Crippen molar-refractivity contribution < 1.29 is 25.0 Å². The number of nitrogens with zero attached hydrogens (tertiary/aromatic N) is 2. The largest absolute Gasteiger partial charge is 0.358 e. The van der Waals surface area contributed by atoms with E-state index in [4.69, 9.17) is 4.98 Å². The molecule has 0 spiro atoms. The summed E-state index contributed by atoms with van der Waals surface area (Å²) in [5.74, 6) is -0.648. The van der Waals surface area contributed by atoms with Crippen molar-refractivity contribution in [2.24, 2.45) is 0 Å². The van der Waals surface area contributed by atoms with Crippen LogP contribution in [-0.2, 0) is 6.54 Å². The summed E-state index contributed by atoms with van der Waals surface area (Å²) in [6.45, 7) is 1.71. The van der Waals surface area contributed by atoms with Crippen LogP contribution in [0.1, 0.15) is 29.0 Å². The van der Waals surface area contributed by atoms with Crippen LogP contribution in [0.3, 0.4) is 0 Å². The lowest BCUT2D eigenvalue weighted by Crippen LogP contribution is -2.65. The summed E-state index contributed by atoms with van der Waals surface area (Å²) in [4.78, 5) is 18.3. The lowest BCUT2D eigenvalue weighted by Gasteiger charge is -2.14. The van der Waals surface area contributed by atoms with E-state index in [1.165, 1.54) is 24.3 Å². The molecule has 7 N–H and O–H groups in total. The quantitative estimate of drug-likeness (QED) is 0.248. The number of quaternary nitrogens is 2. The molecule has 5 rings (SSSR count). The number of aromatic nitrogens is 2. The van der Waals surface area contributed by atoms with E-state index in [0.29, 0.717) is 24.4 Å². The normalized spacial score (nSPS) is 12.0. The first-order valence-corrected chi connectivity index (χ1v) is 13.4. The molecule has 0 saturated carbocycles. The van der Waals surface area contributed by atoms with Crippen molar-refractivity contribution in [1.82, 2.24) is 14.9 Å². The molecule has 1 amide bonds. The fraction of sp³-hybridized carbons (Fsp3) is 0.188. The van der Waals surface area contributed by atoms with Gasteiger partial charge in [-0.3, -0.25) is 4.79 Å². The van der Waals surface area contributed by atoms with E-state index in [9.17, 15) is 13.6 Å². The Labute approximate surface area is 231 Å². The number of hydrogen-bond acceptors (Lipinski definition) is 2. The highest BCUT2D eigenvalue weighted by molar-refractivity contribution is 5.99. The molecule has 5 aromatic rings. The van der Waals surface area contributed by atoms with Crippen LogP contribution in [0.5, 0.6) is 0 Å². The Hall–Kier alpha value is -4.40. The number of fused-ring (bicyclic) bond motifs is 1. The summed E-state index contributed by atoms with van der Waals surface area (Å²) < 4.78 is 29.5. The summed E-state index contributed by atoms with van der Waals surface area (Å²) in [6.07, 6.45) is 1.83. The van der Waals surface area contributed by atoms with Gasteiger partial charge >= 0.3 is 0 Å². The van der Waals surface area contributed by atoms with Gasteiger partial charge in [0.1, 0.15) is 17.7 Å². The van der Waals surface area contributed by atoms with Gasteiger partial charge in [-0.25, -0.2) is 13.8 Å². The second-order valence-electron chi connectivity index (χ2n) is 9.98. The number of halogens is 2. The topological polar surface area (TPSA) is 102 Å². The van der Waals surface area contributed by atoms with Crippen LogP contribution in [0, 0.1) is 11.6 Å². The van der Waals surface area contributed by atoms with Crippen molar-refractivity contribution >= 4 is 16.9 Å². The average Bonchev–Trinajstić information content (AvgIpc) is 3.32. The molecule has 0 aliphatic carbocycles. The van der Waals surface area contributed by atoms with Crippen molar-refractivity contribution in [2.45, 2.75) is 25.4 Å². The van der Waals surface area contributed by atoms with Crippen LogP contribution < -0.4 is 16.8 Å². The molecule has 0 unspecified atom stereocenters. The minimum atomic E-state index is -0.335. The highest BCUT2D eigenvalue weighted by Gasteiger charge is 2.22. The zero-order valence-corrected chi connectivity index (χ0v) is 22.2. The van der Waals surface area contributed by atoms with Gasteiger partial charge in [-0.05, 0) is 64.2 Å². The van der Waals surface area contributed by atoms with E-state index in [1.54, 1.807) is 24.3 Å². The summed E-state index contributed by atoms with van der Waals surface area (Å²) in [5.41, 5.74) is 13.7. The lowest BCUT2D eigenvalue weighted by molar-refractivity contribution is -0.423. The summed E-state index contributed by atoms with van der Waals surface area (Å²) >= 11 is 0. The summed E-state index contributed by atoms with van der Waals surface area (Å²) in [5, 5.41) is 3.01. The van der Waals surface area contributed by atoms with Crippen molar-refractivity contribution in [2.75, 3.05) is 13.1 Å². The number of rotatable bonds is 10. The van der Waals surface area contributed by atoms with Crippen LogP contribution >= 0.6 is 0 Å². The van der Waals surface area contributed by atoms with E-state index in [-0.39, 0.29) is 23.6 Å². The van der Waals surface area contributed by atoms with Crippen LogP contribution in [-0.4, -0.2) is 34.6 Å². The molecule has 0 fully saturated rings. The van der Waals surface area contributed by atoms with E-state index in [0.717, 1.165) is 52.7 Å². The summed E-state index contributed by atoms with van der Waals surface area (Å²) in [6, 6.07) is 26.3. The van der Waals surface area contributed by atoms with Crippen LogP contribution in [0.2, 0.25) is 0 Å². The Morgan fingerprint density at radius 2 is 1.48 bits per heavy atom. The van der Waals surface area contributed by atoms with E-state index in [2.05, 4.69) is 16.8 Å². The Balaban J connectivity index is 1.65. The monoisotopic (exact) mass is 541 g/mol. The van der Waals surface area contributed by atoms with Gasteiger partial charge in [-0.2, -0.15) is 0 Å². The summed E-state index contributed by atoms with van der Waals surface area (Å²) in [7, 11) is 0. The molecule has 0 aliphatic heterocycles. The lowest BCUT2D eigenvalue weighted by atomic mass is 9.94. The minimum absolute atomic E-state index is 0.0767. The van der Waals surface area contributed by atoms with E-state index >= 15 is 0 Å². The number of amides is 1. The van der Waals surface area contributed by atoms with Crippen LogP contribution in [0.15, 0.2) is 91.0 Å². The SMILES string of the molecule is [NH3+]CCC[C@H]([NH3+])CNC(=O)c1nc2cc(-c3ccc(F)cc3)c(-c3ccc(F)cc3)cc2n1Cc1ccccc1. The third-order valence-electron chi connectivity index (χ3n) is 7.00. The molecule has 1 heterocycles. The van der Waals surface area contributed by atoms with E-state index in [1.807, 2.05) is 47.0 Å². The number of imidazole rings is 1. The second kappa shape index (κ2) is 12.2. The number of carbonyl (C=O) groups is 1. The Morgan fingerprint density at radius 1 is 0.875 bits per heavy atom. The van der Waals surface area contributed by atoms with Gasteiger partial charge in [0.25, 0.3) is 5.91 Å². The molecule has 4 aromatic carbocycles. The zero-order valence-electron chi connectivity index (χ0n) is 22.2. The maximum atomic E-state index is 13.8. The predicted molar refractivity (Wildman–Crippen MR) is 152 cm³/mol. The maximum absolute atomic E-state index is 13.8. The highest BCUT2D eigenvalue weighted by atomic mass is 19.1. The third kappa shape index (κ3) is 6.09. The third-order valence-corrected chi connectivity index (χ3v) is 7.00. The smallest absolute Gasteiger partial charge is 0.287 e. The molecule has 40 heavy (non-hydrogen) atoms. The van der Waals surface area contributed by atoms with Gasteiger partial charge in [0.15, 0.2) is 5.82 Å². The van der Waals surface area contributed by atoms with Gasteiger partial charge in [0.2, 0.25) is 0 Å². The van der Waals surface area contributed by atoms with Gasteiger partial charge < -0.3 is 21.4 Å². The first-order valence-electron chi connectivity index (χ1n) is 13.4. The molecule has 6 nitrogen and oxygen atoms in total. The molecule has 0 saturated heterocycles. The molecule has 0 aliphatic rings. The van der Waals surface area contributed by atoms with Gasteiger partial charge in [-0.1, -0.05) is 54.6 Å². The Morgan fingerprint density at radius 3 is 2.08 bits per heavy atom. The maximum Gasteiger partial charge on any atom is 0.287 e. The van der Waals surface area contributed by atoms with Gasteiger partial charge in [-0.15, -0.1) is 0 Å². The molecule has 0 radical (unpaired) electrons. The molecule has 0 bridgehead atoms. The molecule has 1 aromatic heterocycles. The van der Waals surface area contributed by atoms with Crippen molar-refractivity contribution in [3.8, 4) is 22.3 Å². The molecule has 8 heteroatoms. The van der Waals surface area contributed by atoms with Crippen LogP contribution in [0.4, 0.5) is 8.78 Å². The number of benzene rings is 4. The number of hydrogen-bond donors (Lipinski definition) is 3. The predicted octanol–water partition coefficient (Wildman–Crippen LogP) is 4.06. The Bertz CT molecular complexity index is 1600. The average molecular weight is 542 g/mol. The fourth-order valence-corrected chi connectivity index (χ4v) is 4.86. The van der Waals surface area contributed by atoms with Crippen molar-refractivity contribution in [3.63, 3.8) is 0 Å². The van der Waals surface area contributed by atoms with E-state index < -0.39 is 0 Å². The van der Waals surface area contributed by atoms with Crippen molar-refractivity contribution in [3.05, 3.63) is 114 Å². The first kappa shape index (κ1) is 27.2. The highest BCUT2D eigenvalue weighted by Crippen LogP contribution is 2.36. The zero-order chi connectivity index (χ0) is 28.1. The van der Waals surface area contributed by atoms with Gasteiger partial charge in [0.05, 0.1) is 24.1 Å². The standard InChI is InChI=1S/C32H31F2N5O/c33-24-12-8-22(9-13-24)27-17-29-30(18-28(27)23-10-14-25(34)15-11-23)39(20-21-5-2-1-3-6-21)31(38-29)32(40)37-19-26(36)7-4-16-35/h1-3,5-6,8-15,17-18,26H,4,7,16,19-20,35-36H2,(H,37,40)/p+2/t26-/m0/s1. The molecular weight excluding hydrogens is 508 g/mol. The van der Waals surface area contributed by atoms with Crippen molar-refractivity contribution in [1.29, 1.82) is 0 Å². The molecule has 1 atom stereocenters. The Kier molecular flexibility index (Phi) is 8.28. The van der Waals surface area contributed by atoms with Crippen LogP contribution in [0.25, 0.3) is 33.3 Å². The molecule has 204 valence electrons. The molecular formula is C32H33F2N5O+2. The minimum Gasteiger partial charge on any atom is -0.358 e. The number of nitrogens with one attached hydrogen (secondary N) is 1. The second-order valence-corrected chi connectivity index (χ2v) is 9.98. The van der Waals surface area contributed by atoms with Gasteiger partial charge in [0, 0.05) is 19.4 Å².